The van der Waals surface area contributed by atoms with Crippen LogP contribution in [0.15, 0.2) is 0 Å². The van der Waals surface area contributed by atoms with Crippen LogP contribution in [-0.2, 0) is 9.47 Å². The molecule has 2 unspecified atom stereocenters. The Morgan fingerprint density at radius 1 is 1.11 bits per heavy atom. The maximum atomic E-state index is 6.12. The summed E-state index contributed by atoms with van der Waals surface area (Å²) in [6.07, 6.45) is 1.97. The first-order valence-corrected chi connectivity index (χ1v) is 7.45. The largest absolute Gasteiger partial charge is 0.347 e. The molecule has 0 amide bonds. The molecule has 3 heteroatoms. The van der Waals surface area contributed by atoms with E-state index in [2.05, 4.69) is 48.5 Å². The van der Waals surface area contributed by atoms with E-state index in [0.29, 0.717) is 19.8 Å². The molecule has 0 aromatic carbocycles. The molecule has 114 valence electrons. The van der Waals surface area contributed by atoms with Crippen molar-refractivity contribution in [2.24, 2.45) is 22.0 Å². The van der Waals surface area contributed by atoms with Crippen molar-refractivity contribution in [1.82, 2.24) is 0 Å². The molecule has 0 spiro atoms. The topological polar surface area (TPSA) is 47.8 Å². The summed E-state index contributed by atoms with van der Waals surface area (Å²) in [7, 11) is 0. The zero-order chi connectivity index (χ0) is 14.9. The minimum absolute atomic E-state index is 0.00709. The highest BCUT2D eigenvalue weighted by Gasteiger charge is 2.65. The van der Waals surface area contributed by atoms with E-state index in [4.69, 9.17) is 15.2 Å². The second kappa shape index (κ2) is 5.34. The van der Waals surface area contributed by atoms with Crippen LogP contribution in [0, 0.1) is 16.2 Å². The summed E-state index contributed by atoms with van der Waals surface area (Å²) in [5, 5.41) is 0. The molecule has 0 aromatic rings. The molecule has 1 saturated heterocycles. The van der Waals surface area contributed by atoms with Crippen molar-refractivity contribution >= 4 is 0 Å². The van der Waals surface area contributed by atoms with Gasteiger partial charge < -0.3 is 15.2 Å². The Hall–Kier alpha value is -0.120. The average Bonchev–Trinajstić information content (AvgIpc) is 2.95. The Kier molecular flexibility index (Phi) is 4.76. The van der Waals surface area contributed by atoms with Crippen LogP contribution in [0.1, 0.15) is 61.3 Å². The van der Waals surface area contributed by atoms with E-state index in [1.54, 1.807) is 0 Å². The number of epoxide rings is 1. The Morgan fingerprint density at radius 3 is 1.95 bits per heavy atom. The summed E-state index contributed by atoms with van der Waals surface area (Å²) in [5.41, 5.74) is 5.92. The zero-order valence-corrected chi connectivity index (χ0v) is 13.9. The lowest BCUT2D eigenvalue weighted by atomic mass is 9.58. The van der Waals surface area contributed by atoms with Crippen molar-refractivity contribution in [2.45, 2.75) is 67.1 Å². The summed E-state index contributed by atoms with van der Waals surface area (Å²) in [4.78, 5) is 0. The van der Waals surface area contributed by atoms with Crippen LogP contribution in [-0.4, -0.2) is 25.5 Å². The van der Waals surface area contributed by atoms with Gasteiger partial charge in [0.1, 0.15) is 6.61 Å². The second-order valence-corrected chi connectivity index (χ2v) is 8.35. The van der Waals surface area contributed by atoms with Crippen LogP contribution in [0.5, 0.6) is 0 Å². The Morgan fingerprint density at radius 2 is 1.63 bits per heavy atom. The molecule has 2 atom stereocenters. The molecule has 0 aliphatic carbocycles. The minimum Gasteiger partial charge on any atom is -0.347 e. The molecule has 1 aliphatic heterocycles. The third kappa shape index (κ3) is 3.71. The quantitative estimate of drug-likeness (QED) is 0.593. The third-order valence-electron chi connectivity index (χ3n) is 4.47. The van der Waals surface area contributed by atoms with Gasteiger partial charge in [0, 0.05) is 5.41 Å². The van der Waals surface area contributed by atoms with Gasteiger partial charge in [0.25, 0.3) is 0 Å². The summed E-state index contributed by atoms with van der Waals surface area (Å²) in [6.45, 7) is 18.1. The predicted octanol–water partition coefficient (Wildman–Crippen LogP) is 3.57. The molecule has 0 saturated carbocycles. The first-order valence-electron chi connectivity index (χ1n) is 7.45. The lowest BCUT2D eigenvalue weighted by Crippen LogP contribution is -2.50. The van der Waals surface area contributed by atoms with E-state index >= 15 is 0 Å². The van der Waals surface area contributed by atoms with Crippen LogP contribution in [0.25, 0.3) is 0 Å². The standard InChI is InChI=1S/C16H33NO2/c1-13(2,3)11-15(7,14(4,5)6)16(12-19-16)18-10-8-9-17/h8-12,17H2,1-7H3. The summed E-state index contributed by atoms with van der Waals surface area (Å²) < 4.78 is 11.9. The van der Waals surface area contributed by atoms with Crippen molar-refractivity contribution < 1.29 is 9.47 Å². The molecule has 0 radical (unpaired) electrons. The van der Waals surface area contributed by atoms with Gasteiger partial charge in [0.05, 0.1) is 6.61 Å². The van der Waals surface area contributed by atoms with Crippen molar-refractivity contribution in [1.29, 1.82) is 0 Å². The maximum absolute atomic E-state index is 6.12. The Labute approximate surface area is 119 Å². The van der Waals surface area contributed by atoms with Gasteiger partial charge in [0.2, 0.25) is 0 Å². The van der Waals surface area contributed by atoms with Gasteiger partial charge in [-0.1, -0.05) is 48.5 Å². The normalized spacial score (nSPS) is 27.2. The van der Waals surface area contributed by atoms with E-state index in [1.807, 2.05) is 0 Å². The van der Waals surface area contributed by atoms with E-state index in [1.165, 1.54) is 0 Å². The summed E-state index contributed by atoms with van der Waals surface area (Å²) in [6, 6.07) is 0. The van der Waals surface area contributed by atoms with Crippen molar-refractivity contribution in [2.75, 3.05) is 19.8 Å². The Balaban J connectivity index is 2.92. The predicted molar refractivity (Wildman–Crippen MR) is 79.9 cm³/mol. The number of ether oxygens (including phenoxy) is 2. The third-order valence-corrected chi connectivity index (χ3v) is 4.47. The SMILES string of the molecule is CC(C)(C)CC(C)(C(C)(C)C)C1(OCCCN)CO1. The van der Waals surface area contributed by atoms with Crippen molar-refractivity contribution in [3.63, 3.8) is 0 Å². The maximum Gasteiger partial charge on any atom is 0.198 e. The number of nitrogens with two attached hydrogens (primary N) is 1. The van der Waals surface area contributed by atoms with Crippen molar-refractivity contribution in [3.05, 3.63) is 0 Å². The molecule has 1 aliphatic rings. The molecule has 1 fully saturated rings. The highest BCUT2D eigenvalue weighted by Crippen LogP contribution is 2.59. The molecular weight excluding hydrogens is 238 g/mol. The van der Waals surface area contributed by atoms with Gasteiger partial charge in [-0.2, -0.15) is 0 Å². The van der Waals surface area contributed by atoms with Gasteiger partial charge in [-0.15, -0.1) is 0 Å². The van der Waals surface area contributed by atoms with Crippen LogP contribution < -0.4 is 5.73 Å². The molecule has 1 rings (SSSR count). The van der Waals surface area contributed by atoms with Crippen molar-refractivity contribution in [3.8, 4) is 0 Å². The van der Waals surface area contributed by atoms with E-state index < -0.39 is 5.79 Å². The fourth-order valence-electron chi connectivity index (χ4n) is 2.98. The Bertz CT molecular complexity index is 297. The molecule has 2 N–H and O–H groups in total. The average molecular weight is 271 g/mol. The highest BCUT2D eigenvalue weighted by molar-refractivity contribution is 5.06. The molecular formula is C16H33NO2. The number of hydrogen-bond acceptors (Lipinski definition) is 3. The lowest BCUT2D eigenvalue weighted by Gasteiger charge is -2.49. The molecule has 0 bridgehead atoms. The van der Waals surface area contributed by atoms with E-state index in [0.717, 1.165) is 12.8 Å². The summed E-state index contributed by atoms with van der Waals surface area (Å²) >= 11 is 0. The second-order valence-electron chi connectivity index (χ2n) is 8.35. The highest BCUT2D eigenvalue weighted by atomic mass is 16.8. The van der Waals surface area contributed by atoms with Gasteiger partial charge in [-0.25, -0.2) is 0 Å². The molecule has 19 heavy (non-hydrogen) atoms. The van der Waals surface area contributed by atoms with Crippen LogP contribution in [0.2, 0.25) is 0 Å². The summed E-state index contributed by atoms with van der Waals surface area (Å²) in [5.74, 6) is -0.409. The minimum atomic E-state index is -0.409. The van der Waals surface area contributed by atoms with Gasteiger partial charge >= 0.3 is 0 Å². The first-order chi connectivity index (χ1) is 8.47. The fraction of sp³-hybridized carbons (Fsp3) is 1.00. The number of rotatable bonds is 6. The first kappa shape index (κ1) is 16.9. The molecule has 3 nitrogen and oxygen atoms in total. The zero-order valence-electron chi connectivity index (χ0n) is 13.9. The van der Waals surface area contributed by atoms with E-state index in [-0.39, 0.29) is 16.2 Å². The number of hydrogen-bond donors (Lipinski definition) is 1. The van der Waals surface area contributed by atoms with Gasteiger partial charge in [-0.05, 0) is 30.2 Å². The molecule has 0 aromatic heterocycles. The van der Waals surface area contributed by atoms with Crippen LogP contribution in [0.4, 0.5) is 0 Å². The fourth-order valence-corrected chi connectivity index (χ4v) is 2.98. The lowest BCUT2D eigenvalue weighted by molar-refractivity contribution is -0.176. The monoisotopic (exact) mass is 271 g/mol. The van der Waals surface area contributed by atoms with Gasteiger partial charge in [0.15, 0.2) is 5.79 Å². The van der Waals surface area contributed by atoms with Crippen LogP contribution in [0.3, 0.4) is 0 Å². The van der Waals surface area contributed by atoms with E-state index in [9.17, 15) is 0 Å². The van der Waals surface area contributed by atoms with Gasteiger partial charge in [-0.3, -0.25) is 0 Å². The van der Waals surface area contributed by atoms with Crippen LogP contribution >= 0.6 is 0 Å². The molecule has 1 heterocycles. The smallest absolute Gasteiger partial charge is 0.198 e.